The number of hydrogen-bond acceptors (Lipinski definition) is 4. The summed E-state index contributed by atoms with van der Waals surface area (Å²) in [5.74, 6) is 0.726. The second kappa shape index (κ2) is 7.70. The van der Waals surface area contributed by atoms with E-state index < -0.39 is 0 Å². The molecule has 0 aliphatic carbocycles. The minimum atomic E-state index is -0.166. The van der Waals surface area contributed by atoms with Gasteiger partial charge in [-0.15, -0.1) is 0 Å². The van der Waals surface area contributed by atoms with Crippen molar-refractivity contribution in [3.05, 3.63) is 70.6 Å². The lowest BCUT2D eigenvalue weighted by Gasteiger charge is -2.25. The normalized spacial score (nSPS) is 11.0. The predicted octanol–water partition coefficient (Wildman–Crippen LogP) is 4.75. The molecule has 1 heterocycles. The van der Waals surface area contributed by atoms with E-state index in [0.717, 1.165) is 11.1 Å². The van der Waals surface area contributed by atoms with Crippen LogP contribution >= 0.6 is 11.6 Å². The van der Waals surface area contributed by atoms with Crippen molar-refractivity contribution in [2.75, 3.05) is 0 Å². The third-order valence-corrected chi connectivity index (χ3v) is 4.40. The van der Waals surface area contributed by atoms with Gasteiger partial charge in [-0.05, 0) is 32.9 Å². The highest BCUT2D eigenvalue weighted by molar-refractivity contribution is 6.33. The molecule has 2 aromatic carbocycles. The van der Waals surface area contributed by atoms with E-state index in [1.54, 1.807) is 29.2 Å². The Morgan fingerprint density at radius 3 is 2.50 bits per heavy atom. The van der Waals surface area contributed by atoms with Crippen LogP contribution in [0.3, 0.4) is 0 Å². The van der Waals surface area contributed by atoms with E-state index in [0.29, 0.717) is 22.3 Å². The van der Waals surface area contributed by atoms with Gasteiger partial charge < -0.3 is 9.42 Å². The maximum atomic E-state index is 12.9. The van der Waals surface area contributed by atoms with Crippen LogP contribution < -0.4 is 0 Å². The SMILES string of the molecule is Cc1ccc(-c2noc(CN(C(=O)c3ccccc3Cl)C(C)C)n2)cc1. The Balaban J connectivity index is 1.82. The molecule has 0 radical (unpaired) electrons. The number of aromatic nitrogens is 2. The summed E-state index contributed by atoms with van der Waals surface area (Å²) in [5.41, 5.74) is 2.49. The number of rotatable bonds is 5. The van der Waals surface area contributed by atoms with E-state index in [1.165, 1.54) is 0 Å². The molecule has 0 aliphatic rings. The Morgan fingerprint density at radius 1 is 1.15 bits per heavy atom. The maximum absolute atomic E-state index is 12.9. The fourth-order valence-electron chi connectivity index (χ4n) is 2.56. The predicted molar refractivity (Wildman–Crippen MR) is 101 cm³/mol. The van der Waals surface area contributed by atoms with E-state index in [9.17, 15) is 4.79 Å². The highest BCUT2D eigenvalue weighted by Gasteiger charge is 2.23. The first-order valence-electron chi connectivity index (χ1n) is 8.41. The fraction of sp³-hybridized carbons (Fsp3) is 0.250. The average Bonchev–Trinajstić information content (AvgIpc) is 3.08. The van der Waals surface area contributed by atoms with Gasteiger partial charge in [-0.3, -0.25) is 4.79 Å². The number of carbonyl (C=O) groups excluding carboxylic acids is 1. The summed E-state index contributed by atoms with van der Waals surface area (Å²) in [7, 11) is 0. The number of nitrogens with zero attached hydrogens (tertiary/aromatic N) is 3. The molecule has 6 heteroatoms. The smallest absolute Gasteiger partial charge is 0.256 e. The van der Waals surface area contributed by atoms with E-state index >= 15 is 0 Å². The van der Waals surface area contributed by atoms with Crippen LogP contribution in [0.2, 0.25) is 5.02 Å². The van der Waals surface area contributed by atoms with Crippen molar-refractivity contribution in [3.8, 4) is 11.4 Å². The second-order valence-electron chi connectivity index (χ2n) is 6.38. The second-order valence-corrected chi connectivity index (χ2v) is 6.79. The number of amides is 1. The van der Waals surface area contributed by atoms with Gasteiger partial charge in [0.25, 0.3) is 5.91 Å². The summed E-state index contributed by atoms with van der Waals surface area (Å²) < 4.78 is 5.36. The number of aryl methyl sites for hydroxylation is 1. The summed E-state index contributed by atoms with van der Waals surface area (Å²) in [6.07, 6.45) is 0. The van der Waals surface area contributed by atoms with Gasteiger partial charge in [0, 0.05) is 11.6 Å². The lowest BCUT2D eigenvalue weighted by Crippen LogP contribution is -2.36. The van der Waals surface area contributed by atoms with Crippen molar-refractivity contribution in [1.29, 1.82) is 0 Å². The molecule has 0 bridgehead atoms. The van der Waals surface area contributed by atoms with Crippen molar-refractivity contribution < 1.29 is 9.32 Å². The summed E-state index contributed by atoms with van der Waals surface area (Å²) in [5, 5.41) is 4.45. The molecule has 1 aromatic heterocycles. The number of halogens is 1. The van der Waals surface area contributed by atoms with Crippen molar-refractivity contribution in [2.45, 2.75) is 33.4 Å². The van der Waals surface area contributed by atoms with Gasteiger partial charge in [-0.2, -0.15) is 4.98 Å². The summed E-state index contributed by atoms with van der Waals surface area (Å²) in [6.45, 7) is 6.12. The molecule has 1 amide bonds. The van der Waals surface area contributed by atoms with Gasteiger partial charge >= 0.3 is 0 Å². The Bertz CT molecular complexity index is 903. The first kappa shape index (κ1) is 18.1. The quantitative estimate of drug-likeness (QED) is 0.651. The summed E-state index contributed by atoms with van der Waals surface area (Å²) >= 11 is 6.17. The lowest BCUT2D eigenvalue weighted by molar-refractivity contribution is 0.0667. The van der Waals surface area contributed by atoms with E-state index in [1.807, 2.05) is 45.0 Å². The molecule has 3 aromatic rings. The lowest BCUT2D eigenvalue weighted by atomic mass is 10.1. The number of hydrogen-bond donors (Lipinski definition) is 0. The molecule has 0 N–H and O–H groups in total. The Kier molecular flexibility index (Phi) is 5.38. The van der Waals surface area contributed by atoms with Crippen LogP contribution in [0.15, 0.2) is 53.1 Å². The molecule has 134 valence electrons. The molecule has 0 spiro atoms. The van der Waals surface area contributed by atoms with Crippen molar-refractivity contribution in [1.82, 2.24) is 15.0 Å². The third kappa shape index (κ3) is 3.94. The molecule has 0 atom stereocenters. The van der Waals surface area contributed by atoms with Crippen LogP contribution in [0.25, 0.3) is 11.4 Å². The average molecular weight is 370 g/mol. The van der Waals surface area contributed by atoms with Crippen LogP contribution in [-0.4, -0.2) is 27.0 Å². The number of benzene rings is 2. The Labute approximate surface area is 157 Å². The maximum Gasteiger partial charge on any atom is 0.256 e. The molecule has 26 heavy (non-hydrogen) atoms. The molecular formula is C20H20ClN3O2. The van der Waals surface area contributed by atoms with Gasteiger partial charge in [0.15, 0.2) is 0 Å². The van der Waals surface area contributed by atoms with Gasteiger partial charge in [0.1, 0.15) is 6.54 Å². The highest BCUT2D eigenvalue weighted by Crippen LogP contribution is 2.21. The molecule has 0 saturated carbocycles. The first-order valence-corrected chi connectivity index (χ1v) is 8.78. The molecule has 0 saturated heterocycles. The zero-order chi connectivity index (χ0) is 18.7. The van der Waals surface area contributed by atoms with Crippen LogP contribution in [0.1, 0.15) is 35.7 Å². The zero-order valence-corrected chi connectivity index (χ0v) is 15.7. The molecular weight excluding hydrogens is 350 g/mol. The summed E-state index contributed by atoms with van der Waals surface area (Å²) in [4.78, 5) is 19.0. The summed E-state index contributed by atoms with van der Waals surface area (Å²) in [6, 6.07) is 14.8. The molecule has 5 nitrogen and oxygen atoms in total. The van der Waals surface area contributed by atoms with Gasteiger partial charge in [-0.1, -0.05) is 58.7 Å². The van der Waals surface area contributed by atoms with E-state index in [2.05, 4.69) is 10.1 Å². The van der Waals surface area contributed by atoms with Gasteiger partial charge in [0.2, 0.25) is 11.7 Å². The Hall–Kier alpha value is -2.66. The van der Waals surface area contributed by atoms with Crippen molar-refractivity contribution >= 4 is 17.5 Å². The molecule has 0 unspecified atom stereocenters. The minimum absolute atomic E-state index is 0.0477. The third-order valence-electron chi connectivity index (χ3n) is 4.07. The van der Waals surface area contributed by atoms with Crippen molar-refractivity contribution in [3.63, 3.8) is 0 Å². The highest BCUT2D eigenvalue weighted by atomic mass is 35.5. The Morgan fingerprint density at radius 2 is 1.85 bits per heavy atom. The van der Waals surface area contributed by atoms with E-state index in [-0.39, 0.29) is 18.5 Å². The van der Waals surface area contributed by atoms with Crippen LogP contribution in [0, 0.1) is 6.92 Å². The molecule has 0 aliphatic heterocycles. The fourth-order valence-corrected chi connectivity index (χ4v) is 2.78. The van der Waals surface area contributed by atoms with Crippen LogP contribution in [0.4, 0.5) is 0 Å². The first-order chi connectivity index (χ1) is 12.5. The van der Waals surface area contributed by atoms with Gasteiger partial charge in [0.05, 0.1) is 10.6 Å². The monoisotopic (exact) mass is 369 g/mol. The van der Waals surface area contributed by atoms with Gasteiger partial charge in [-0.25, -0.2) is 0 Å². The van der Waals surface area contributed by atoms with Crippen LogP contribution in [-0.2, 0) is 6.54 Å². The largest absolute Gasteiger partial charge is 0.337 e. The molecule has 0 fully saturated rings. The zero-order valence-electron chi connectivity index (χ0n) is 14.9. The molecule has 3 rings (SSSR count). The van der Waals surface area contributed by atoms with Crippen LogP contribution in [0.5, 0.6) is 0 Å². The topological polar surface area (TPSA) is 59.2 Å². The minimum Gasteiger partial charge on any atom is -0.337 e. The van der Waals surface area contributed by atoms with E-state index in [4.69, 9.17) is 16.1 Å². The standard InChI is InChI=1S/C20H20ClN3O2/c1-13(2)24(20(25)16-6-4-5-7-17(16)21)12-18-22-19(23-26-18)15-10-8-14(3)9-11-15/h4-11,13H,12H2,1-3H3. The number of carbonyl (C=O) groups is 1. The van der Waals surface area contributed by atoms with Crippen molar-refractivity contribution in [2.24, 2.45) is 0 Å².